The summed E-state index contributed by atoms with van der Waals surface area (Å²) in [5.74, 6) is 0.930. The number of hydrogen-bond acceptors (Lipinski definition) is 4. The van der Waals surface area contributed by atoms with Gasteiger partial charge in [0.1, 0.15) is 5.75 Å². The molecule has 0 aliphatic rings. The summed E-state index contributed by atoms with van der Waals surface area (Å²) in [7, 11) is 0. The van der Waals surface area contributed by atoms with Crippen molar-refractivity contribution in [1.82, 2.24) is 10.3 Å². The zero-order valence-electron chi connectivity index (χ0n) is 10.8. The molecule has 1 aromatic carbocycles. The van der Waals surface area contributed by atoms with Crippen molar-refractivity contribution in [3.8, 4) is 5.75 Å². The molecule has 3 nitrogen and oxygen atoms in total. The zero-order valence-corrected chi connectivity index (χ0v) is 11.6. The average Bonchev–Trinajstić information content (AvgIpc) is 2.78. The Morgan fingerprint density at radius 3 is 2.61 bits per heavy atom. The van der Waals surface area contributed by atoms with Crippen LogP contribution in [0.15, 0.2) is 29.8 Å². The second kappa shape index (κ2) is 6.52. The van der Waals surface area contributed by atoms with Gasteiger partial charge in [-0.1, -0.05) is 12.1 Å². The van der Waals surface area contributed by atoms with Gasteiger partial charge in [-0.3, -0.25) is 0 Å². The van der Waals surface area contributed by atoms with Gasteiger partial charge in [-0.2, -0.15) is 0 Å². The lowest BCUT2D eigenvalue weighted by Crippen LogP contribution is -2.12. The normalized spacial score (nSPS) is 10.6. The Bertz CT molecular complexity index is 479. The molecule has 2 aromatic rings. The van der Waals surface area contributed by atoms with Gasteiger partial charge < -0.3 is 10.1 Å². The van der Waals surface area contributed by atoms with Gasteiger partial charge in [0.15, 0.2) is 0 Å². The molecule has 0 aliphatic heterocycles. The summed E-state index contributed by atoms with van der Waals surface area (Å²) < 4.78 is 5.41. The topological polar surface area (TPSA) is 34.1 Å². The van der Waals surface area contributed by atoms with Gasteiger partial charge in [0, 0.05) is 18.0 Å². The molecule has 0 spiro atoms. The van der Waals surface area contributed by atoms with Gasteiger partial charge in [-0.05, 0) is 31.5 Å². The fourth-order valence-electron chi connectivity index (χ4n) is 1.69. The first kappa shape index (κ1) is 13.1. The van der Waals surface area contributed by atoms with E-state index in [-0.39, 0.29) is 0 Å². The van der Waals surface area contributed by atoms with E-state index in [1.807, 2.05) is 31.5 Å². The highest BCUT2D eigenvalue weighted by Gasteiger charge is 2.00. The molecule has 0 amide bonds. The maximum atomic E-state index is 5.41. The van der Waals surface area contributed by atoms with Crippen LogP contribution in [0.2, 0.25) is 0 Å². The van der Waals surface area contributed by atoms with Crippen LogP contribution in [-0.2, 0) is 13.1 Å². The van der Waals surface area contributed by atoms with Crippen LogP contribution in [0.4, 0.5) is 0 Å². The van der Waals surface area contributed by atoms with Gasteiger partial charge in [0.05, 0.1) is 17.8 Å². The number of thiazole rings is 1. The lowest BCUT2D eigenvalue weighted by atomic mass is 10.2. The summed E-state index contributed by atoms with van der Waals surface area (Å²) in [6.07, 6.45) is 0. The van der Waals surface area contributed by atoms with E-state index in [1.165, 1.54) is 10.4 Å². The molecule has 1 aromatic heterocycles. The van der Waals surface area contributed by atoms with Gasteiger partial charge in [0.25, 0.3) is 0 Å². The molecule has 18 heavy (non-hydrogen) atoms. The average molecular weight is 262 g/mol. The van der Waals surface area contributed by atoms with E-state index in [4.69, 9.17) is 4.74 Å². The maximum Gasteiger partial charge on any atom is 0.119 e. The molecule has 0 aliphatic carbocycles. The van der Waals surface area contributed by atoms with Crippen LogP contribution in [0.25, 0.3) is 0 Å². The van der Waals surface area contributed by atoms with Crippen molar-refractivity contribution in [2.45, 2.75) is 26.9 Å². The Morgan fingerprint density at radius 1 is 1.22 bits per heavy atom. The third kappa shape index (κ3) is 3.55. The molecule has 0 bridgehead atoms. The molecular weight excluding hydrogens is 244 g/mol. The molecule has 0 unspecified atom stereocenters. The molecule has 0 saturated carbocycles. The van der Waals surface area contributed by atoms with Crippen molar-refractivity contribution in [1.29, 1.82) is 0 Å². The summed E-state index contributed by atoms with van der Waals surface area (Å²) in [5.41, 5.74) is 4.28. The highest BCUT2D eigenvalue weighted by Crippen LogP contribution is 2.13. The number of ether oxygens (including phenoxy) is 1. The van der Waals surface area contributed by atoms with Gasteiger partial charge in [-0.25, -0.2) is 4.98 Å². The van der Waals surface area contributed by atoms with Crippen LogP contribution >= 0.6 is 11.3 Å². The zero-order chi connectivity index (χ0) is 12.8. The van der Waals surface area contributed by atoms with Crippen molar-refractivity contribution < 1.29 is 4.74 Å². The first-order valence-electron chi connectivity index (χ1n) is 6.11. The Hall–Kier alpha value is -1.39. The lowest BCUT2D eigenvalue weighted by molar-refractivity contribution is 0.340. The lowest BCUT2D eigenvalue weighted by Gasteiger charge is -2.06. The molecule has 2 rings (SSSR count). The predicted octanol–water partition coefficient (Wildman–Crippen LogP) is 3.14. The maximum absolute atomic E-state index is 5.41. The van der Waals surface area contributed by atoms with Crippen molar-refractivity contribution in [3.63, 3.8) is 0 Å². The third-order valence-corrected chi connectivity index (χ3v) is 3.63. The minimum absolute atomic E-state index is 0.711. The number of aryl methyl sites for hydroxylation is 1. The van der Waals surface area contributed by atoms with E-state index in [0.29, 0.717) is 6.61 Å². The minimum atomic E-state index is 0.711. The van der Waals surface area contributed by atoms with Crippen LogP contribution in [0, 0.1) is 6.92 Å². The first-order valence-corrected chi connectivity index (χ1v) is 6.99. The Morgan fingerprint density at radius 2 is 2.00 bits per heavy atom. The fraction of sp³-hybridized carbons (Fsp3) is 0.357. The standard InChI is InChI=1S/C14H18N2OS/c1-3-17-13-6-4-12(5-7-13)8-15-9-14-11(2)16-10-18-14/h4-7,10,15H,3,8-9H2,1-2H3. The SMILES string of the molecule is CCOc1ccc(CNCc2scnc2C)cc1. The van der Waals surface area contributed by atoms with E-state index in [1.54, 1.807) is 11.3 Å². The quantitative estimate of drug-likeness (QED) is 0.868. The van der Waals surface area contributed by atoms with Crippen LogP contribution in [0.5, 0.6) is 5.75 Å². The number of benzene rings is 1. The summed E-state index contributed by atoms with van der Waals surface area (Å²) >= 11 is 1.70. The van der Waals surface area contributed by atoms with Crippen molar-refractivity contribution >= 4 is 11.3 Å². The molecule has 4 heteroatoms. The van der Waals surface area contributed by atoms with Gasteiger partial charge >= 0.3 is 0 Å². The van der Waals surface area contributed by atoms with Crippen LogP contribution < -0.4 is 10.1 Å². The number of nitrogens with one attached hydrogen (secondary N) is 1. The van der Waals surface area contributed by atoms with E-state index in [0.717, 1.165) is 24.5 Å². The molecule has 0 atom stereocenters. The molecule has 96 valence electrons. The Balaban J connectivity index is 1.81. The van der Waals surface area contributed by atoms with Crippen molar-refractivity contribution in [2.75, 3.05) is 6.61 Å². The monoisotopic (exact) mass is 262 g/mol. The minimum Gasteiger partial charge on any atom is -0.494 e. The van der Waals surface area contributed by atoms with Crippen LogP contribution in [0.3, 0.4) is 0 Å². The van der Waals surface area contributed by atoms with E-state index >= 15 is 0 Å². The van der Waals surface area contributed by atoms with E-state index in [9.17, 15) is 0 Å². The fourth-order valence-corrected chi connectivity index (χ4v) is 2.43. The Labute approximate surface area is 112 Å². The summed E-state index contributed by atoms with van der Waals surface area (Å²) in [6, 6.07) is 8.21. The smallest absolute Gasteiger partial charge is 0.119 e. The summed E-state index contributed by atoms with van der Waals surface area (Å²) in [5, 5.41) is 3.43. The molecule has 1 N–H and O–H groups in total. The van der Waals surface area contributed by atoms with Gasteiger partial charge in [-0.15, -0.1) is 11.3 Å². The highest BCUT2D eigenvalue weighted by atomic mass is 32.1. The van der Waals surface area contributed by atoms with E-state index in [2.05, 4.69) is 22.4 Å². The van der Waals surface area contributed by atoms with Crippen LogP contribution in [-0.4, -0.2) is 11.6 Å². The molecular formula is C14H18N2OS. The predicted molar refractivity (Wildman–Crippen MR) is 75.0 cm³/mol. The molecule has 0 radical (unpaired) electrons. The third-order valence-electron chi connectivity index (χ3n) is 2.69. The van der Waals surface area contributed by atoms with E-state index < -0.39 is 0 Å². The first-order chi connectivity index (χ1) is 8.79. The Kier molecular flexibility index (Phi) is 4.73. The van der Waals surface area contributed by atoms with Crippen LogP contribution in [0.1, 0.15) is 23.1 Å². The summed E-state index contributed by atoms with van der Waals surface area (Å²) in [4.78, 5) is 5.54. The number of aromatic nitrogens is 1. The van der Waals surface area contributed by atoms with Crippen molar-refractivity contribution in [3.05, 3.63) is 45.9 Å². The molecule has 0 fully saturated rings. The number of nitrogens with zero attached hydrogens (tertiary/aromatic N) is 1. The highest BCUT2D eigenvalue weighted by molar-refractivity contribution is 7.09. The van der Waals surface area contributed by atoms with Crippen molar-refractivity contribution in [2.24, 2.45) is 0 Å². The van der Waals surface area contributed by atoms with Gasteiger partial charge in [0.2, 0.25) is 0 Å². The second-order valence-electron chi connectivity index (χ2n) is 4.04. The molecule has 0 saturated heterocycles. The second-order valence-corrected chi connectivity index (χ2v) is 4.98. The number of hydrogen-bond donors (Lipinski definition) is 1. The summed E-state index contributed by atoms with van der Waals surface area (Å²) in [6.45, 7) is 6.49. The molecule has 1 heterocycles. The largest absolute Gasteiger partial charge is 0.494 e. The number of rotatable bonds is 6.